The van der Waals surface area contributed by atoms with Crippen molar-refractivity contribution < 1.29 is 21.6 Å². The molecule has 0 bridgehead atoms. The first-order valence-corrected chi connectivity index (χ1v) is 5.35. The van der Waals surface area contributed by atoms with Crippen molar-refractivity contribution in [3.05, 3.63) is 0 Å². The Morgan fingerprint density at radius 3 is 2.40 bits per heavy atom. The van der Waals surface area contributed by atoms with Crippen LogP contribution in [0.5, 0.6) is 0 Å². The quantitative estimate of drug-likeness (QED) is 0.729. The van der Waals surface area contributed by atoms with Gasteiger partial charge in [-0.05, 0) is 6.92 Å². The molecule has 0 saturated heterocycles. The van der Waals surface area contributed by atoms with Gasteiger partial charge in [-0.1, -0.05) is 0 Å². The monoisotopic (exact) mass is 245 g/mol. The van der Waals surface area contributed by atoms with Crippen LogP contribution in [0.1, 0.15) is 13.3 Å². The third-order valence-electron chi connectivity index (χ3n) is 1.22. The maximum atomic E-state index is 11.7. The summed E-state index contributed by atoms with van der Waals surface area (Å²) in [5, 5.41) is 8.21. The molecule has 15 heavy (non-hydrogen) atoms. The number of nitrogens with one attached hydrogen (secondary N) is 2. The third kappa shape index (κ3) is 8.17. The van der Waals surface area contributed by atoms with Crippen LogP contribution < -0.4 is 9.44 Å². The van der Waals surface area contributed by atoms with E-state index in [1.807, 2.05) is 4.72 Å². The minimum absolute atomic E-state index is 0.118. The highest BCUT2D eigenvalue weighted by Gasteiger charge is 2.29. The van der Waals surface area contributed by atoms with Gasteiger partial charge in [0.25, 0.3) is 10.2 Å². The number of hydrogen-bond acceptors (Lipinski definition) is 3. The van der Waals surface area contributed by atoms with Crippen molar-refractivity contribution in [3.63, 3.8) is 0 Å². The van der Waals surface area contributed by atoms with Gasteiger partial charge in [-0.25, -0.2) is 0 Å². The summed E-state index contributed by atoms with van der Waals surface area (Å²) < 4.78 is 60.0. The summed E-state index contributed by atoms with van der Waals surface area (Å²) in [5.74, 6) is 0. The molecule has 0 heterocycles. The largest absolute Gasteiger partial charge is 0.402 e. The first-order valence-electron chi connectivity index (χ1n) is 3.87. The van der Waals surface area contributed by atoms with E-state index in [0.29, 0.717) is 0 Å². The molecule has 1 unspecified atom stereocenters. The molecule has 2 N–H and O–H groups in total. The Bertz CT molecular complexity index is 333. The van der Waals surface area contributed by atoms with E-state index in [1.165, 1.54) is 11.6 Å². The van der Waals surface area contributed by atoms with E-state index < -0.39 is 29.0 Å². The molecule has 0 rings (SSSR count). The highest BCUT2D eigenvalue weighted by atomic mass is 32.2. The van der Waals surface area contributed by atoms with Crippen molar-refractivity contribution in [2.24, 2.45) is 0 Å². The van der Waals surface area contributed by atoms with Gasteiger partial charge in [0.2, 0.25) is 0 Å². The molecule has 0 aromatic carbocycles. The summed E-state index contributed by atoms with van der Waals surface area (Å²) in [6.45, 7) is -0.266. The fourth-order valence-corrected chi connectivity index (χ4v) is 1.71. The fraction of sp³-hybridized carbons (Fsp3) is 0.833. The lowest BCUT2D eigenvalue weighted by atomic mass is 10.3. The molecule has 88 valence electrons. The van der Waals surface area contributed by atoms with Gasteiger partial charge < -0.3 is 0 Å². The molecule has 0 fully saturated rings. The summed E-state index contributed by atoms with van der Waals surface area (Å²) in [5.41, 5.74) is 0. The summed E-state index contributed by atoms with van der Waals surface area (Å²) >= 11 is 0. The Kier molecular flexibility index (Phi) is 4.99. The van der Waals surface area contributed by atoms with Crippen LogP contribution >= 0.6 is 0 Å². The normalized spacial score (nSPS) is 14.6. The van der Waals surface area contributed by atoms with E-state index in [4.69, 9.17) is 5.26 Å². The van der Waals surface area contributed by atoms with Crippen molar-refractivity contribution in [2.45, 2.75) is 25.6 Å². The lowest BCUT2D eigenvalue weighted by Crippen LogP contribution is -2.44. The molecule has 0 aliphatic rings. The molecule has 0 spiro atoms. The van der Waals surface area contributed by atoms with Crippen molar-refractivity contribution in [2.75, 3.05) is 6.54 Å². The van der Waals surface area contributed by atoms with Gasteiger partial charge in [0, 0.05) is 6.04 Å². The highest BCUT2D eigenvalue weighted by Crippen LogP contribution is 2.12. The van der Waals surface area contributed by atoms with Gasteiger partial charge in [-0.3, -0.25) is 0 Å². The smallest absolute Gasteiger partial charge is 0.198 e. The van der Waals surface area contributed by atoms with Crippen LogP contribution in [0.15, 0.2) is 0 Å². The first kappa shape index (κ1) is 14.2. The summed E-state index contributed by atoms with van der Waals surface area (Å²) in [6.07, 6.45) is -4.72. The Morgan fingerprint density at radius 1 is 1.47 bits per heavy atom. The Labute approximate surface area is 85.4 Å². The summed E-state index contributed by atoms with van der Waals surface area (Å²) in [4.78, 5) is 0. The Balaban J connectivity index is 4.16. The van der Waals surface area contributed by atoms with Gasteiger partial charge in [-0.15, -0.1) is 0 Å². The molecule has 5 nitrogen and oxygen atoms in total. The maximum absolute atomic E-state index is 11.7. The predicted octanol–water partition coefficient (Wildman–Crippen LogP) is 0.275. The van der Waals surface area contributed by atoms with Gasteiger partial charge in [-0.2, -0.15) is 36.3 Å². The van der Waals surface area contributed by atoms with Crippen LogP contribution in [0.3, 0.4) is 0 Å². The van der Waals surface area contributed by atoms with E-state index in [0.717, 1.165) is 0 Å². The van der Waals surface area contributed by atoms with E-state index in [9.17, 15) is 21.6 Å². The van der Waals surface area contributed by atoms with Crippen LogP contribution in [-0.4, -0.2) is 27.2 Å². The lowest BCUT2D eigenvalue weighted by Gasteiger charge is -2.13. The number of nitriles is 1. The Morgan fingerprint density at radius 2 is 2.00 bits per heavy atom. The second-order valence-corrected chi connectivity index (χ2v) is 4.35. The fourth-order valence-electron chi connectivity index (χ4n) is 0.662. The molecule has 1 atom stereocenters. The second-order valence-electron chi connectivity index (χ2n) is 2.82. The molecule has 0 saturated carbocycles. The number of alkyl halides is 3. The van der Waals surface area contributed by atoms with Gasteiger partial charge in [0.1, 0.15) is 6.54 Å². The average Bonchev–Trinajstić information content (AvgIpc) is 1.99. The molecule has 0 aromatic heterocycles. The molecule has 0 aromatic rings. The predicted molar refractivity (Wildman–Crippen MR) is 45.8 cm³/mol. The molecular weight excluding hydrogens is 235 g/mol. The second kappa shape index (κ2) is 5.29. The number of hydrogen-bond donors (Lipinski definition) is 2. The van der Waals surface area contributed by atoms with Crippen LogP contribution in [0, 0.1) is 11.3 Å². The van der Waals surface area contributed by atoms with E-state index in [1.54, 1.807) is 6.07 Å². The SMILES string of the molecule is CC(CC#N)NS(=O)(=O)NCC(F)(F)F. The molecule has 9 heteroatoms. The van der Waals surface area contributed by atoms with E-state index in [2.05, 4.69) is 0 Å². The zero-order valence-corrected chi connectivity index (χ0v) is 8.61. The average molecular weight is 245 g/mol. The van der Waals surface area contributed by atoms with Crippen LogP contribution in [0.25, 0.3) is 0 Å². The van der Waals surface area contributed by atoms with E-state index >= 15 is 0 Å². The van der Waals surface area contributed by atoms with Crippen molar-refractivity contribution in [3.8, 4) is 6.07 Å². The first-order chi connectivity index (χ1) is 6.66. The number of rotatable bonds is 5. The molecule has 0 aliphatic heterocycles. The van der Waals surface area contributed by atoms with E-state index in [-0.39, 0.29) is 6.42 Å². The van der Waals surface area contributed by atoms with Gasteiger partial charge >= 0.3 is 6.18 Å². The van der Waals surface area contributed by atoms with Crippen molar-refractivity contribution in [1.82, 2.24) is 9.44 Å². The summed E-state index contributed by atoms with van der Waals surface area (Å²) in [6, 6.07) is 0.950. The third-order valence-corrected chi connectivity index (χ3v) is 2.45. The number of halogens is 3. The number of nitrogens with zero attached hydrogens (tertiary/aromatic N) is 1. The van der Waals surface area contributed by atoms with Gasteiger partial charge in [0.05, 0.1) is 12.5 Å². The van der Waals surface area contributed by atoms with Crippen LogP contribution in [0.2, 0.25) is 0 Å². The highest BCUT2D eigenvalue weighted by molar-refractivity contribution is 7.87. The molecule has 0 amide bonds. The lowest BCUT2D eigenvalue weighted by molar-refractivity contribution is -0.121. The van der Waals surface area contributed by atoms with Gasteiger partial charge in [0.15, 0.2) is 0 Å². The standard InChI is InChI=1S/C6H10F3N3O2S/c1-5(2-3-10)12-15(13,14)11-4-6(7,8)9/h5,11-12H,2,4H2,1H3. The van der Waals surface area contributed by atoms with Crippen molar-refractivity contribution in [1.29, 1.82) is 5.26 Å². The van der Waals surface area contributed by atoms with Crippen LogP contribution in [-0.2, 0) is 10.2 Å². The Hall–Kier alpha value is -0.850. The van der Waals surface area contributed by atoms with Crippen LogP contribution in [0.4, 0.5) is 13.2 Å². The topological polar surface area (TPSA) is 82.0 Å². The zero-order valence-electron chi connectivity index (χ0n) is 7.80. The minimum atomic E-state index is -4.60. The minimum Gasteiger partial charge on any atom is -0.198 e. The van der Waals surface area contributed by atoms with Crippen molar-refractivity contribution >= 4 is 10.2 Å². The molecule has 0 aliphatic carbocycles. The summed E-state index contributed by atoms with van der Waals surface area (Å²) in [7, 11) is -4.21. The molecular formula is C6H10F3N3O2S. The zero-order chi connectivity index (χ0) is 12.1. The molecule has 0 radical (unpaired) electrons. The maximum Gasteiger partial charge on any atom is 0.402 e.